The van der Waals surface area contributed by atoms with Crippen LogP contribution in [0.5, 0.6) is 11.5 Å². The summed E-state index contributed by atoms with van der Waals surface area (Å²) >= 11 is 0. The summed E-state index contributed by atoms with van der Waals surface area (Å²) in [5.74, 6) is 0.0425. The summed E-state index contributed by atoms with van der Waals surface area (Å²) < 4.78 is 26.3. The monoisotopic (exact) mass is 725 g/mol. The van der Waals surface area contributed by atoms with Crippen LogP contribution in [0, 0.1) is 17.8 Å². The molecule has 2 heterocycles. The summed E-state index contributed by atoms with van der Waals surface area (Å²) in [4.78, 5) is 24.2. The lowest BCUT2D eigenvalue weighted by Gasteiger charge is -2.60. The highest BCUT2D eigenvalue weighted by molar-refractivity contribution is 6.03. The van der Waals surface area contributed by atoms with E-state index in [0.29, 0.717) is 38.2 Å². The summed E-state index contributed by atoms with van der Waals surface area (Å²) in [5.41, 5.74) is 2.30. The van der Waals surface area contributed by atoms with Gasteiger partial charge in [0, 0.05) is 57.3 Å². The van der Waals surface area contributed by atoms with Crippen LogP contribution in [0.3, 0.4) is 0 Å². The molecule has 290 valence electrons. The van der Waals surface area contributed by atoms with Gasteiger partial charge in [-0.05, 0) is 95.4 Å². The Hall–Kier alpha value is -3.12. The van der Waals surface area contributed by atoms with Crippen molar-refractivity contribution in [2.45, 2.75) is 109 Å². The number of aliphatic hydroxyl groups is 2. The van der Waals surface area contributed by atoms with Crippen molar-refractivity contribution < 1.29 is 38.8 Å². The molecular formula is C41H63N3O8. The normalized spacial score (nSPS) is 27.2. The number of aliphatic hydroxyl groups excluding tert-OH is 2. The molecule has 1 amide bonds. The number of oxime groups is 1. The van der Waals surface area contributed by atoms with E-state index in [0.717, 1.165) is 74.3 Å². The standard InChI is InChI=1S/C41H63N3O8/c1-7-18-44(39(47)48-9-3)36-28-34(42-52-40(4,5)6)32-26-29(14-10-12-22-45)31(15-11-13-23-46)37-33-27-30(49-25-21-43-19-20-43)16-17-35(33)51-41(36,38(32)37)50-24-8-2/h8,16-17,26-27,29,31,36-38,45-46H,2,7,9-15,18-25,28H2,1,3-6H3/t29-,31+,36-,37+,38+,41+/m0/s1. The van der Waals surface area contributed by atoms with E-state index < -0.39 is 23.5 Å². The van der Waals surface area contributed by atoms with Gasteiger partial charge in [-0.25, -0.2) is 4.79 Å². The van der Waals surface area contributed by atoms with E-state index in [4.69, 9.17) is 28.9 Å². The molecule has 1 saturated heterocycles. The number of ether oxygens (including phenoxy) is 4. The topological polar surface area (TPSA) is 122 Å². The quantitative estimate of drug-likeness (QED) is 0.0656. The number of fused-ring (bicyclic) bond motifs is 2. The van der Waals surface area contributed by atoms with Crippen LogP contribution in [-0.4, -0.2) is 108 Å². The Kier molecular flexibility index (Phi) is 14.1. The number of benzene rings is 1. The van der Waals surface area contributed by atoms with Crippen LogP contribution >= 0.6 is 0 Å². The zero-order valence-electron chi connectivity index (χ0n) is 32.2. The largest absolute Gasteiger partial charge is 0.492 e. The first kappa shape index (κ1) is 40.1. The van der Waals surface area contributed by atoms with E-state index in [-0.39, 0.29) is 50.1 Å². The molecule has 2 aliphatic carbocycles. The van der Waals surface area contributed by atoms with Crippen LogP contribution in [0.25, 0.3) is 0 Å². The van der Waals surface area contributed by atoms with Crippen molar-refractivity contribution in [1.29, 1.82) is 0 Å². The number of unbranched alkanes of at least 4 members (excludes halogenated alkanes) is 2. The van der Waals surface area contributed by atoms with Gasteiger partial charge in [0.05, 0.1) is 24.8 Å². The number of allylic oxidation sites excluding steroid dienone is 1. The first-order valence-electron chi connectivity index (χ1n) is 19.7. The van der Waals surface area contributed by atoms with Gasteiger partial charge in [0.1, 0.15) is 29.7 Å². The van der Waals surface area contributed by atoms with Crippen LogP contribution in [-0.2, 0) is 14.3 Å². The van der Waals surface area contributed by atoms with Gasteiger partial charge in [0.2, 0.25) is 5.79 Å². The molecule has 1 aromatic carbocycles. The third-order valence-electron chi connectivity index (χ3n) is 10.6. The van der Waals surface area contributed by atoms with Crippen molar-refractivity contribution in [3.8, 4) is 11.5 Å². The van der Waals surface area contributed by atoms with Crippen LogP contribution in [0.4, 0.5) is 4.79 Å². The lowest BCUT2D eigenvalue weighted by molar-refractivity contribution is -0.255. The second kappa shape index (κ2) is 18.3. The van der Waals surface area contributed by atoms with Gasteiger partial charge in [0.15, 0.2) is 0 Å². The fourth-order valence-electron chi connectivity index (χ4n) is 8.34. The fourth-order valence-corrected chi connectivity index (χ4v) is 8.34. The van der Waals surface area contributed by atoms with Crippen molar-refractivity contribution in [1.82, 2.24) is 9.80 Å². The molecule has 5 rings (SSSR count). The Balaban J connectivity index is 1.75. The summed E-state index contributed by atoms with van der Waals surface area (Å²) in [6, 6.07) is 5.52. The molecule has 11 nitrogen and oxygen atoms in total. The molecule has 11 heteroatoms. The van der Waals surface area contributed by atoms with Gasteiger partial charge in [-0.2, -0.15) is 0 Å². The molecule has 2 N–H and O–H groups in total. The van der Waals surface area contributed by atoms with E-state index in [1.165, 1.54) is 0 Å². The third kappa shape index (κ3) is 9.32. The summed E-state index contributed by atoms with van der Waals surface area (Å²) in [7, 11) is 0. The molecule has 1 aromatic rings. The number of amides is 1. The van der Waals surface area contributed by atoms with Gasteiger partial charge in [0.25, 0.3) is 0 Å². The average Bonchev–Trinajstić information content (AvgIpc) is 3.95. The number of hydrogen-bond acceptors (Lipinski definition) is 10. The second-order valence-corrected chi connectivity index (χ2v) is 15.6. The molecule has 0 spiro atoms. The summed E-state index contributed by atoms with van der Waals surface area (Å²) in [6.45, 7) is 18.7. The van der Waals surface area contributed by atoms with Crippen molar-refractivity contribution in [3.63, 3.8) is 0 Å². The molecular weight excluding hydrogens is 662 g/mol. The predicted molar refractivity (Wildman–Crippen MR) is 202 cm³/mol. The maximum atomic E-state index is 13.9. The van der Waals surface area contributed by atoms with Gasteiger partial charge >= 0.3 is 6.09 Å². The molecule has 1 saturated carbocycles. The number of carbonyl (C=O) groups is 1. The van der Waals surface area contributed by atoms with Crippen molar-refractivity contribution in [2.24, 2.45) is 22.9 Å². The van der Waals surface area contributed by atoms with Crippen molar-refractivity contribution in [2.75, 3.05) is 59.2 Å². The van der Waals surface area contributed by atoms with E-state index in [1.54, 1.807) is 11.0 Å². The molecule has 0 aromatic heterocycles. The Morgan fingerprint density at radius 1 is 1.13 bits per heavy atom. The number of rotatable bonds is 20. The van der Waals surface area contributed by atoms with Crippen LogP contribution < -0.4 is 9.47 Å². The molecule has 2 fully saturated rings. The van der Waals surface area contributed by atoms with E-state index >= 15 is 0 Å². The van der Waals surface area contributed by atoms with Gasteiger partial charge < -0.3 is 34.0 Å². The molecule has 0 bridgehead atoms. The third-order valence-corrected chi connectivity index (χ3v) is 10.6. The predicted octanol–water partition coefficient (Wildman–Crippen LogP) is 6.68. The van der Waals surface area contributed by atoms with E-state index in [2.05, 4.69) is 23.6 Å². The Bertz CT molecular complexity index is 1400. The Morgan fingerprint density at radius 2 is 1.88 bits per heavy atom. The molecule has 4 aliphatic rings. The summed E-state index contributed by atoms with van der Waals surface area (Å²) in [5, 5.41) is 24.5. The van der Waals surface area contributed by atoms with Crippen molar-refractivity contribution >= 4 is 11.8 Å². The fraction of sp³-hybridized carbons (Fsp3) is 0.707. The first-order chi connectivity index (χ1) is 25.1. The maximum Gasteiger partial charge on any atom is 0.410 e. The minimum absolute atomic E-state index is 0.101. The molecule has 52 heavy (non-hydrogen) atoms. The van der Waals surface area contributed by atoms with Crippen molar-refractivity contribution in [3.05, 3.63) is 48.1 Å². The molecule has 2 aliphatic heterocycles. The minimum Gasteiger partial charge on any atom is -0.492 e. The zero-order chi connectivity index (χ0) is 37.3. The number of carbonyl (C=O) groups excluding carboxylic acids is 1. The first-order valence-corrected chi connectivity index (χ1v) is 19.7. The number of hydrogen-bond donors (Lipinski definition) is 2. The van der Waals surface area contributed by atoms with E-state index in [9.17, 15) is 15.0 Å². The summed E-state index contributed by atoms with van der Waals surface area (Å²) in [6.07, 6.45) is 9.65. The smallest absolute Gasteiger partial charge is 0.410 e. The van der Waals surface area contributed by atoms with Gasteiger partial charge in [-0.1, -0.05) is 37.1 Å². The Labute approximate surface area is 310 Å². The molecule has 0 radical (unpaired) electrons. The van der Waals surface area contributed by atoms with Gasteiger partial charge in [-0.3, -0.25) is 9.80 Å². The lowest BCUT2D eigenvalue weighted by atomic mass is 9.55. The highest BCUT2D eigenvalue weighted by atomic mass is 16.7. The van der Waals surface area contributed by atoms with Crippen LogP contribution in [0.2, 0.25) is 0 Å². The highest BCUT2D eigenvalue weighted by Crippen LogP contribution is 2.62. The second-order valence-electron chi connectivity index (χ2n) is 15.6. The molecule has 6 atom stereocenters. The highest BCUT2D eigenvalue weighted by Gasteiger charge is 2.65. The zero-order valence-corrected chi connectivity index (χ0v) is 32.2. The van der Waals surface area contributed by atoms with Crippen LogP contribution in [0.1, 0.15) is 97.5 Å². The molecule has 0 unspecified atom stereocenters. The van der Waals surface area contributed by atoms with Crippen LogP contribution in [0.15, 0.2) is 47.7 Å². The maximum absolute atomic E-state index is 13.9. The minimum atomic E-state index is -1.30. The average molecular weight is 726 g/mol. The van der Waals surface area contributed by atoms with E-state index in [1.807, 2.05) is 46.8 Å². The SMILES string of the molecule is C=CCO[C@@]12Oc3ccc(OCCN4CC4)cc3[C@H]3[C@H](CCCCO)[C@@H](CCCCO)C=C(C(=NOC(C)(C)C)C[C@@H]1N(CCC)C(=O)OCC)[C@H]32. The lowest BCUT2D eigenvalue weighted by Crippen LogP contribution is -2.70. The van der Waals surface area contributed by atoms with Gasteiger partial charge in [-0.15, -0.1) is 6.58 Å². The number of nitrogens with zero attached hydrogens (tertiary/aromatic N) is 3. The Morgan fingerprint density at radius 3 is 2.54 bits per heavy atom.